The van der Waals surface area contributed by atoms with Crippen molar-refractivity contribution in [1.29, 1.82) is 0 Å². The molecule has 0 aromatic heterocycles. The van der Waals surface area contributed by atoms with Gasteiger partial charge >= 0.3 is 24.2 Å². The minimum Gasteiger partial charge on any atom is -0.381 e. The zero-order valence-electron chi connectivity index (χ0n) is 17.4. The number of hydrogen-bond donors (Lipinski definition) is 3. The molecule has 0 spiro atoms. The van der Waals surface area contributed by atoms with Crippen molar-refractivity contribution >= 4 is 17.3 Å². The molecule has 0 bridgehead atoms. The average Bonchev–Trinajstić information content (AvgIpc) is 2.71. The predicted octanol–water partition coefficient (Wildman–Crippen LogP) is 6.07. The molecule has 2 rings (SSSR count). The first-order chi connectivity index (χ1) is 15.9. The molecule has 15 heteroatoms. The number of anilines is 2. The Kier molecular flexibility index (Phi) is 7.64. The average molecular weight is 523 g/mol. The fourth-order valence-corrected chi connectivity index (χ4v) is 3.10. The van der Waals surface area contributed by atoms with E-state index >= 15 is 0 Å². The predicted molar refractivity (Wildman–Crippen MR) is 103 cm³/mol. The molecule has 1 amide bonds. The van der Waals surface area contributed by atoms with Gasteiger partial charge in [0.05, 0.1) is 22.5 Å². The Morgan fingerprint density at radius 1 is 0.943 bits per heavy atom. The van der Waals surface area contributed by atoms with Crippen LogP contribution in [0.4, 0.5) is 59.7 Å². The van der Waals surface area contributed by atoms with Gasteiger partial charge in [-0.25, -0.2) is 8.78 Å². The van der Waals surface area contributed by atoms with Crippen LogP contribution in [0.5, 0.6) is 0 Å². The summed E-state index contributed by atoms with van der Waals surface area (Å²) in [6.07, 6.45) is -19.0. The first-order valence-corrected chi connectivity index (χ1v) is 9.44. The van der Waals surface area contributed by atoms with Crippen molar-refractivity contribution in [2.24, 2.45) is 5.73 Å². The number of benzene rings is 2. The van der Waals surface area contributed by atoms with Crippen LogP contribution in [0.15, 0.2) is 30.3 Å². The van der Waals surface area contributed by atoms with Gasteiger partial charge in [-0.1, -0.05) is 12.1 Å². The van der Waals surface area contributed by atoms with Gasteiger partial charge in [0, 0.05) is 18.7 Å². The molecule has 0 aliphatic heterocycles. The van der Waals surface area contributed by atoms with Crippen LogP contribution in [-0.4, -0.2) is 31.3 Å². The van der Waals surface area contributed by atoms with Crippen LogP contribution in [0.25, 0.3) is 0 Å². The number of halogens is 11. The highest BCUT2D eigenvalue weighted by Crippen LogP contribution is 2.54. The van der Waals surface area contributed by atoms with Crippen molar-refractivity contribution in [3.05, 3.63) is 58.4 Å². The summed E-state index contributed by atoms with van der Waals surface area (Å²) in [6, 6.07) is 2.38. The number of carbonyl (C=O) groups excluding carboxylic acids is 1. The molecule has 4 nitrogen and oxygen atoms in total. The van der Waals surface area contributed by atoms with Gasteiger partial charge in [0.2, 0.25) is 0 Å². The van der Waals surface area contributed by atoms with Crippen molar-refractivity contribution in [1.82, 2.24) is 0 Å². The topological polar surface area (TPSA) is 67.2 Å². The first kappa shape index (κ1) is 28.1. The third kappa shape index (κ3) is 5.44. The van der Waals surface area contributed by atoms with Crippen LogP contribution < -0.4 is 16.4 Å². The normalized spacial score (nSPS) is 13.1. The lowest BCUT2D eigenvalue weighted by molar-refractivity contribution is -0.348. The molecule has 4 N–H and O–H groups in total. The third-order valence-corrected chi connectivity index (χ3v) is 4.76. The minimum atomic E-state index is -6.66. The van der Waals surface area contributed by atoms with Crippen molar-refractivity contribution < 1.29 is 53.1 Å². The second kappa shape index (κ2) is 9.51. The summed E-state index contributed by atoms with van der Waals surface area (Å²) in [7, 11) is 0. The van der Waals surface area contributed by atoms with E-state index in [1.807, 2.05) is 0 Å². The molecular weight excluding hydrogens is 507 g/mol. The molecule has 0 fully saturated rings. The standard InChI is InChI=1S/C20H16F11N3O/c1-9-7-10(17(22,19(26,27)28)20(29,30)31)8-12(18(23,24)25)15(9)34-16(35)11-3-2-4-13(14(11)21)33-6-5-32/h2-4,7-8,33H,5-6,32H2,1H3,(H,34,35). The Morgan fingerprint density at radius 3 is 2.00 bits per heavy atom. The fraction of sp³-hybridized carbons (Fsp3) is 0.350. The van der Waals surface area contributed by atoms with Crippen molar-refractivity contribution in [3.63, 3.8) is 0 Å². The maximum absolute atomic E-state index is 14.6. The van der Waals surface area contributed by atoms with Gasteiger partial charge in [-0.2, -0.15) is 39.5 Å². The highest BCUT2D eigenvalue weighted by atomic mass is 19.4. The minimum absolute atomic E-state index is 0.0578. The van der Waals surface area contributed by atoms with Gasteiger partial charge < -0.3 is 16.4 Å². The molecule has 2 aromatic rings. The fourth-order valence-electron chi connectivity index (χ4n) is 3.10. The van der Waals surface area contributed by atoms with Crippen molar-refractivity contribution in [2.45, 2.75) is 31.1 Å². The molecule has 0 atom stereocenters. The largest absolute Gasteiger partial charge is 0.435 e. The van der Waals surface area contributed by atoms with E-state index in [1.165, 1.54) is 6.07 Å². The molecule has 0 aliphatic carbocycles. The maximum atomic E-state index is 14.6. The molecule has 0 saturated heterocycles. The zero-order valence-corrected chi connectivity index (χ0v) is 17.4. The van der Waals surface area contributed by atoms with E-state index in [0.717, 1.165) is 12.1 Å². The lowest BCUT2D eigenvalue weighted by Crippen LogP contribution is -2.50. The Hall–Kier alpha value is -3.10. The number of nitrogens with two attached hydrogens (primary N) is 1. The van der Waals surface area contributed by atoms with Crippen LogP contribution in [0, 0.1) is 12.7 Å². The number of aryl methyl sites for hydroxylation is 1. The van der Waals surface area contributed by atoms with E-state index in [0.29, 0.717) is 6.92 Å². The Morgan fingerprint density at radius 2 is 1.51 bits per heavy atom. The highest BCUT2D eigenvalue weighted by Gasteiger charge is 2.73. The van der Waals surface area contributed by atoms with Gasteiger partial charge in [0.15, 0.2) is 5.82 Å². The summed E-state index contributed by atoms with van der Waals surface area (Å²) >= 11 is 0. The summed E-state index contributed by atoms with van der Waals surface area (Å²) in [6.45, 7) is 0.740. The molecule has 0 heterocycles. The highest BCUT2D eigenvalue weighted by molar-refractivity contribution is 6.06. The lowest BCUT2D eigenvalue weighted by atomic mass is 9.90. The number of carbonyl (C=O) groups is 1. The van der Waals surface area contributed by atoms with Crippen LogP contribution in [0.3, 0.4) is 0 Å². The van der Waals surface area contributed by atoms with E-state index in [-0.39, 0.29) is 24.8 Å². The number of amides is 1. The SMILES string of the molecule is Cc1cc(C(F)(C(F)(F)F)C(F)(F)F)cc(C(F)(F)F)c1NC(=O)c1cccc(NCCN)c1F. The van der Waals surface area contributed by atoms with Crippen LogP contribution in [0.1, 0.15) is 27.0 Å². The van der Waals surface area contributed by atoms with Gasteiger partial charge in [-0.15, -0.1) is 0 Å². The van der Waals surface area contributed by atoms with Gasteiger partial charge in [0.1, 0.15) is 0 Å². The van der Waals surface area contributed by atoms with E-state index in [1.54, 1.807) is 5.32 Å². The summed E-state index contributed by atoms with van der Waals surface area (Å²) in [5.74, 6) is -2.71. The maximum Gasteiger partial charge on any atom is 0.435 e. The number of rotatable bonds is 6. The lowest BCUT2D eigenvalue weighted by Gasteiger charge is -2.31. The third-order valence-electron chi connectivity index (χ3n) is 4.76. The second-order valence-electron chi connectivity index (χ2n) is 7.20. The van der Waals surface area contributed by atoms with Crippen LogP contribution in [-0.2, 0) is 11.8 Å². The van der Waals surface area contributed by atoms with E-state index in [9.17, 15) is 53.1 Å². The number of hydrogen-bond acceptors (Lipinski definition) is 3. The van der Waals surface area contributed by atoms with Gasteiger partial charge in [-0.05, 0) is 30.7 Å². The summed E-state index contributed by atoms with van der Waals surface area (Å²) in [5.41, 5.74) is -8.78. The van der Waals surface area contributed by atoms with Crippen LogP contribution in [0.2, 0.25) is 0 Å². The van der Waals surface area contributed by atoms with Crippen molar-refractivity contribution in [2.75, 3.05) is 23.7 Å². The quantitative estimate of drug-likeness (QED) is 0.403. The second-order valence-corrected chi connectivity index (χ2v) is 7.20. The van der Waals surface area contributed by atoms with Crippen molar-refractivity contribution in [3.8, 4) is 0 Å². The number of nitrogens with one attached hydrogen (secondary N) is 2. The number of alkyl halides is 10. The first-order valence-electron chi connectivity index (χ1n) is 9.44. The van der Waals surface area contributed by atoms with Crippen LogP contribution >= 0.6 is 0 Å². The van der Waals surface area contributed by atoms with E-state index < -0.39 is 69.9 Å². The Balaban J connectivity index is 2.65. The van der Waals surface area contributed by atoms with Gasteiger partial charge in [-0.3, -0.25) is 4.79 Å². The van der Waals surface area contributed by atoms with Gasteiger partial charge in [0.25, 0.3) is 5.91 Å². The molecule has 194 valence electrons. The molecule has 0 unspecified atom stereocenters. The summed E-state index contributed by atoms with van der Waals surface area (Å²) in [5, 5.41) is 4.15. The molecular formula is C20H16F11N3O. The molecule has 2 aromatic carbocycles. The Bertz CT molecular complexity index is 1080. The smallest absolute Gasteiger partial charge is 0.381 e. The summed E-state index contributed by atoms with van der Waals surface area (Å²) < 4.78 is 148. The molecule has 0 saturated carbocycles. The molecule has 0 aliphatic rings. The molecule has 0 radical (unpaired) electrons. The Labute approximate surface area is 190 Å². The van der Waals surface area contributed by atoms with E-state index in [4.69, 9.17) is 5.73 Å². The van der Waals surface area contributed by atoms with E-state index in [2.05, 4.69) is 5.32 Å². The molecule has 35 heavy (non-hydrogen) atoms. The zero-order chi connectivity index (χ0) is 27.0. The summed E-state index contributed by atoms with van der Waals surface area (Å²) in [4.78, 5) is 12.5. The monoisotopic (exact) mass is 523 g/mol.